The predicted octanol–water partition coefficient (Wildman–Crippen LogP) is 2.31. The van der Waals surface area contributed by atoms with Crippen molar-refractivity contribution in [3.8, 4) is 5.75 Å². The minimum absolute atomic E-state index is 0.234. The average molecular weight is 262 g/mol. The van der Waals surface area contributed by atoms with Crippen LogP contribution >= 0.6 is 0 Å². The van der Waals surface area contributed by atoms with Gasteiger partial charge in [0, 0.05) is 12.1 Å². The summed E-state index contributed by atoms with van der Waals surface area (Å²) in [6.45, 7) is 6.30. The topological polar surface area (TPSA) is 24.5 Å². The van der Waals surface area contributed by atoms with Gasteiger partial charge in [0.25, 0.3) is 0 Å². The van der Waals surface area contributed by atoms with Crippen molar-refractivity contribution in [2.75, 3.05) is 27.2 Å². The van der Waals surface area contributed by atoms with Gasteiger partial charge in [-0.3, -0.25) is 0 Å². The molecule has 1 atom stereocenters. The number of rotatable bonds is 5. The van der Waals surface area contributed by atoms with Crippen LogP contribution in [0.3, 0.4) is 0 Å². The van der Waals surface area contributed by atoms with E-state index in [0.29, 0.717) is 0 Å². The van der Waals surface area contributed by atoms with Gasteiger partial charge in [-0.25, -0.2) is 0 Å². The van der Waals surface area contributed by atoms with E-state index in [1.54, 1.807) is 0 Å². The molecule has 106 valence electrons. The highest BCUT2D eigenvalue weighted by atomic mass is 16.5. The molecule has 0 amide bonds. The van der Waals surface area contributed by atoms with Gasteiger partial charge < -0.3 is 15.0 Å². The maximum atomic E-state index is 5.69. The van der Waals surface area contributed by atoms with Crippen LogP contribution < -0.4 is 10.1 Å². The molecule has 0 radical (unpaired) electrons. The third-order valence-corrected chi connectivity index (χ3v) is 4.00. The van der Waals surface area contributed by atoms with E-state index in [9.17, 15) is 0 Å². The van der Waals surface area contributed by atoms with Crippen molar-refractivity contribution >= 4 is 0 Å². The molecule has 1 unspecified atom stereocenters. The second-order valence-corrected chi connectivity index (χ2v) is 6.03. The highest BCUT2D eigenvalue weighted by Gasteiger charge is 2.35. The van der Waals surface area contributed by atoms with Gasteiger partial charge in [-0.05, 0) is 65.0 Å². The smallest absolute Gasteiger partial charge is 0.119 e. The van der Waals surface area contributed by atoms with Crippen LogP contribution in [0, 0.1) is 0 Å². The summed E-state index contributed by atoms with van der Waals surface area (Å²) in [6.07, 6.45) is 2.54. The summed E-state index contributed by atoms with van der Waals surface area (Å²) >= 11 is 0. The Bertz CT molecular complexity index is 392. The molecule has 1 aliphatic rings. The lowest BCUT2D eigenvalue weighted by Crippen LogP contribution is -2.47. The predicted molar refractivity (Wildman–Crippen MR) is 79.8 cm³/mol. The molecular formula is C16H26N2O. The van der Waals surface area contributed by atoms with Crippen LogP contribution in [0.25, 0.3) is 0 Å². The molecule has 1 saturated heterocycles. The zero-order valence-electron chi connectivity index (χ0n) is 12.6. The first-order valence-electron chi connectivity index (χ1n) is 7.16. The number of likely N-dealkylation sites (N-methyl/N-ethyl adjacent to an activating group) is 1. The van der Waals surface area contributed by atoms with E-state index in [-0.39, 0.29) is 11.6 Å². The number of benzene rings is 1. The molecule has 1 heterocycles. The molecule has 1 fully saturated rings. The third kappa shape index (κ3) is 3.48. The highest BCUT2D eigenvalue weighted by molar-refractivity contribution is 5.29. The lowest BCUT2D eigenvalue weighted by Gasteiger charge is -2.36. The molecule has 19 heavy (non-hydrogen) atoms. The maximum absolute atomic E-state index is 5.69. The fourth-order valence-electron chi connectivity index (χ4n) is 2.76. The average Bonchev–Trinajstić information content (AvgIpc) is 2.81. The molecular weight excluding hydrogens is 236 g/mol. The van der Waals surface area contributed by atoms with Gasteiger partial charge in [-0.2, -0.15) is 0 Å². The first-order chi connectivity index (χ1) is 9.02. The summed E-state index contributed by atoms with van der Waals surface area (Å²) in [5, 5.41) is 3.49. The number of hydrogen-bond donors (Lipinski definition) is 1. The molecule has 2 rings (SSSR count). The van der Waals surface area contributed by atoms with Crippen molar-refractivity contribution < 1.29 is 4.74 Å². The summed E-state index contributed by atoms with van der Waals surface area (Å²) in [7, 11) is 4.37. The van der Waals surface area contributed by atoms with Crippen molar-refractivity contribution in [1.82, 2.24) is 10.2 Å². The van der Waals surface area contributed by atoms with Crippen LogP contribution in [0.5, 0.6) is 5.75 Å². The standard InChI is InChI=1S/C16H26N2O/c1-13(2)19-15-7-5-14(6-8-15)11-16(18(3)4)9-10-17-12-16/h5-8,13,17H,9-12H2,1-4H3. The summed E-state index contributed by atoms with van der Waals surface area (Å²) < 4.78 is 5.69. The van der Waals surface area contributed by atoms with E-state index < -0.39 is 0 Å². The molecule has 1 N–H and O–H groups in total. The van der Waals surface area contributed by atoms with Crippen molar-refractivity contribution in [2.24, 2.45) is 0 Å². The first kappa shape index (κ1) is 14.4. The molecule has 0 aromatic heterocycles. The van der Waals surface area contributed by atoms with Gasteiger partial charge in [0.05, 0.1) is 6.10 Å². The minimum atomic E-state index is 0.234. The van der Waals surface area contributed by atoms with Gasteiger partial charge in [0.2, 0.25) is 0 Å². The third-order valence-electron chi connectivity index (χ3n) is 4.00. The Morgan fingerprint density at radius 1 is 1.26 bits per heavy atom. The second-order valence-electron chi connectivity index (χ2n) is 6.03. The summed E-state index contributed by atoms with van der Waals surface area (Å²) in [4.78, 5) is 2.37. The zero-order valence-corrected chi connectivity index (χ0v) is 12.6. The Morgan fingerprint density at radius 3 is 2.42 bits per heavy atom. The molecule has 0 spiro atoms. The first-order valence-corrected chi connectivity index (χ1v) is 7.16. The number of nitrogens with one attached hydrogen (secondary N) is 1. The molecule has 3 nitrogen and oxygen atoms in total. The van der Waals surface area contributed by atoms with Gasteiger partial charge >= 0.3 is 0 Å². The number of hydrogen-bond acceptors (Lipinski definition) is 3. The van der Waals surface area contributed by atoms with Gasteiger partial charge in [-0.1, -0.05) is 12.1 Å². The Hall–Kier alpha value is -1.06. The minimum Gasteiger partial charge on any atom is -0.491 e. The van der Waals surface area contributed by atoms with E-state index in [2.05, 4.69) is 62.4 Å². The fraction of sp³-hybridized carbons (Fsp3) is 0.625. The monoisotopic (exact) mass is 262 g/mol. The van der Waals surface area contributed by atoms with Crippen LogP contribution in [0.15, 0.2) is 24.3 Å². The second kappa shape index (κ2) is 5.93. The van der Waals surface area contributed by atoms with Crippen molar-refractivity contribution in [3.63, 3.8) is 0 Å². The maximum Gasteiger partial charge on any atom is 0.119 e. The Morgan fingerprint density at radius 2 is 1.95 bits per heavy atom. The fourth-order valence-corrected chi connectivity index (χ4v) is 2.76. The van der Waals surface area contributed by atoms with E-state index in [1.807, 2.05) is 0 Å². The molecule has 0 aliphatic carbocycles. The van der Waals surface area contributed by atoms with Crippen molar-refractivity contribution in [3.05, 3.63) is 29.8 Å². The number of nitrogens with zero attached hydrogens (tertiary/aromatic N) is 1. The van der Waals surface area contributed by atoms with Crippen molar-refractivity contribution in [2.45, 2.75) is 38.3 Å². The van der Waals surface area contributed by atoms with Crippen LogP contribution in [-0.4, -0.2) is 43.7 Å². The van der Waals surface area contributed by atoms with Crippen LogP contribution in [0.2, 0.25) is 0 Å². The van der Waals surface area contributed by atoms with Crippen molar-refractivity contribution in [1.29, 1.82) is 0 Å². The SMILES string of the molecule is CC(C)Oc1ccc(CC2(N(C)C)CCNC2)cc1. The van der Waals surface area contributed by atoms with Crippen LogP contribution in [0.4, 0.5) is 0 Å². The zero-order chi connectivity index (χ0) is 13.9. The Balaban J connectivity index is 2.06. The van der Waals surface area contributed by atoms with E-state index in [0.717, 1.165) is 25.3 Å². The van der Waals surface area contributed by atoms with Gasteiger partial charge in [-0.15, -0.1) is 0 Å². The number of ether oxygens (including phenoxy) is 1. The molecule has 1 aromatic carbocycles. The lowest BCUT2D eigenvalue weighted by atomic mass is 9.88. The lowest BCUT2D eigenvalue weighted by molar-refractivity contribution is 0.172. The normalized spacial score (nSPS) is 23.3. The van der Waals surface area contributed by atoms with Crippen LogP contribution in [0.1, 0.15) is 25.8 Å². The van der Waals surface area contributed by atoms with E-state index in [1.165, 1.54) is 12.0 Å². The summed E-state index contributed by atoms with van der Waals surface area (Å²) in [5.74, 6) is 0.960. The largest absolute Gasteiger partial charge is 0.491 e. The molecule has 3 heteroatoms. The molecule has 0 saturated carbocycles. The Kier molecular flexibility index (Phi) is 4.48. The van der Waals surface area contributed by atoms with Crippen LogP contribution in [-0.2, 0) is 6.42 Å². The Labute approximate surface area is 116 Å². The van der Waals surface area contributed by atoms with Gasteiger partial charge in [0.1, 0.15) is 5.75 Å². The van der Waals surface area contributed by atoms with E-state index in [4.69, 9.17) is 4.74 Å². The highest BCUT2D eigenvalue weighted by Crippen LogP contribution is 2.26. The van der Waals surface area contributed by atoms with E-state index >= 15 is 0 Å². The molecule has 1 aliphatic heterocycles. The summed E-state index contributed by atoms with van der Waals surface area (Å²) in [5.41, 5.74) is 1.65. The molecule has 1 aromatic rings. The quantitative estimate of drug-likeness (QED) is 0.881. The summed E-state index contributed by atoms with van der Waals surface area (Å²) in [6, 6.07) is 8.56. The molecule has 0 bridgehead atoms. The van der Waals surface area contributed by atoms with Gasteiger partial charge in [0.15, 0.2) is 0 Å².